The number of rotatable bonds is 32. The molecule has 0 aliphatic rings. The SMILES string of the molecule is C=CC[N+](C)(CCCCCCCCCCCCCCCC)CCCCCCCCCCCCCCCC.[Cl-]. The molecule has 1 nitrogen and oxygen atoms in total. The number of halogens is 1. The molecule has 0 radical (unpaired) electrons. The fraction of sp³-hybridized carbons (Fsp3) is 0.944. The van der Waals surface area contributed by atoms with Gasteiger partial charge in [0.25, 0.3) is 0 Å². The number of unbranched alkanes of at least 4 members (excludes halogenated alkanes) is 26. The largest absolute Gasteiger partial charge is 1.00 e. The molecule has 0 saturated carbocycles. The minimum atomic E-state index is 0. The Bertz CT molecular complexity index is 403. The molecule has 38 heavy (non-hydrogen) atoms. The molecule has 0 atom stereocenters. The molecular weight excluding hydrogens is 482 g/mol. The van der Waals surface area contributed by atoms with Crippen LogP contribution in [0.15, 0.2) is 12.7 Å². The van der Waals surface area contributed by atoms with Gasteiger partial charge in [0.05, 0.1) is 26.7 Å². The Hall–Kier alpha value is -0.0100. The van der Waals surface area contributed by atoms with Crippen LogP contribution in [0, 0.1) is 0 Å². The van der Waals surface area contributed by atoms with Crippen molar-refractivity contribution in [2.45, 2.75) is 194 Å². The Morgan fingerprint density at radius 3 is 0.816 bits per heavy atom. The summed E-state index contributed by atoms with van der Waals surface area (Å²) in [5, 5.41) is 0. The molecule has 0 rings (SSSR count). The van der Waals surface area contributed by atoms with Gasteiger partial charge in [-0.2, -0.15) is 0 Å². The van der Waals surface area contributed by atoms with Crippen LogP contribution in [0.1, 0.15) is 194 Å². The van der Waals surface area contributed by atoms with Crippen LogP contribution in [-0.4, -0.2) is 31.2 Å². The highest BCUT2D eigenvalue weighted by Crippen LogP contribution is 2.16. The first kappa shape index (κ1) is 40.1. The van der Waals surface area contributed by atoms with Gasteiger partial charge in [-0.25, -0.2) is 0 Å². The Morgan fingerprint density at radius 1 is 0.395 bits per heavy atom. The fourth-order valence-electron chi connectivity index (χ4n) is 5.98. The monoisotopic (exact) mass is 556 g/mol. The second-order valence-electron chi connectivity index (χ2n) is 12.7. The van der Waals surface area contributed by atoms with E-state index in [1.165, 1.54) is 197 Å². The molecule has 0 heterocycles. The van der Waals surface area contributed by atoms with E-state index in [2.05, 4.69) is 33.6 Å². The highest BCUT2D eigenvalue weighted by atomic mass is 35.5. The van der Waals surface area contributed by atoms with Crippen LogP contribution in [0.5, 0.6) is 0 Å². The maximum absolute atomic E-state index is 4.07. The van der Waals surface area contributed by atoms with E-state index in [9.17, 15) is 0 Å². The molecule has 0 fully saturated rings. The van der Waals surface area contributed by atoms with Crippen molar-refractivity contribution in [3.05, 3.63) is 12.7 Å². The van der Waals surface area contributed by atoms with Crippen LogP contribution in [0.4, 0.5) is 0 Å². The summed E-state index contributed by atoms with van der Waals surface area (Å²) in [7, 11) is 2.48. The fourth-order valence-corrected chi connectivity index (χ4v) is 5.98. The zero-order valence-electron chi connectivity index (χ0n) is 27.0. The van der Waals surface area contributed by atoms with E-state index in [1.54, 1.807) is 0 Å². The van der Waals surface area contributed by atoms with Gasteiger partial charge in [-0.05, 0) is 31.8 Å². The van der Waals surface area contributed by atoms with E-state index in [-0.39, 0.29) is 12.4 Å². The molecular formula is C36H74ClN. The van der Waals surface area contributed by atoms with Gasteiger partial charge in [-0.1, -0.05) is 175 Å². The summed E-state index contributed by atoms with van der Waals surface area (Å²) in [5.74, 6) is 0. The summed E-state index contributed by atoms with van der Waals surface area (Å²) in [5.41, 5.74) is 0. The van der Waals surface area contributed by atoms with Gasteiger partial charge >= 0.3 is 0 Å². The molecule has 2 heteroatoms. The van der Waals surface area contributed by atoms with Crippen LogP contribution in [0.2, 0.25) is 0 Å². The quantitative estimate of drug-likeness (QED) is 0.0440. The highest BCUT2D eigenvalue weighted by Gasteiger charge is 2.18. The molecule has 0 aliphatic heterocycles. The standard InChI is InChI=1S/C36H74N.ClH/c1-5-8-10-12-14-16-18-20-22-24-26-28-30-32-35-37(4,34-7-3)36-33-31-29-27-25-23-21-19-17-15-13-11-9-6-2;/h7H,3,5-6,8-36H2,1-2,4H3;1H/q+1;/p-1. The maximum Gasteiger partial charge on any atom is 0.0969 e. The summed E-state index contributed by atoms with van der Waals surface area (Å²) in [6, 6.07) is 0. The van der Waals surface area contributed by atoms with E-state index >= 15 is 0 Å². The van der Waals surface area contributed by atoms with Crippen molar-refractivity contribution in [2.24, 2.45) is 0 Å². The van der Waals surface area contributed by atoms with E-state index in [1.807, 2.05) is 0 Å². The first-order valence-corrected chi connectivity index (χ1v) is 17.6. The van der Waals surface area contributed by atoms with E-state index in [0.717, 1.165) is 6.54 Å². The maximum atomic E-state index is 4.07. The normalized spacial score (nSPS) is 11.6. The Kier molecular flexibility index (Phi) is 35.1. The van der Waals surface area contributed by atoms with Crippen molar-refractivity contribution in [2.75, 3.05) is 26.7 Å². The van der Waals surface area contributed by atoms with Crippen molar-refractivity contribution in [3.8, 4) is 0 Å². The lowest BCUT2D eigenvalue weighted by Crippen LogP contribution is -3.00. The third kappa shape index (κ3) is 30.5. The summed E-state index contributed by atoms with van der Waals surface area (Å²) >= 11 is 0. The lowest BCUT2D eigenvalue weighted by molar-refractivity contribution is -0.904. The van der Waals surface area contributed by atoms with Crippen molar-refractivity contribution in [1.29, 1.82) is 0 Å². The molecule has 0 saturated heterocycles. The second-order valence-corrected chi connectivity index (χ2v) is 12.7. The zero-order chi connectivity index (χ0) is 27.1. The third-order valence-electron chi connectivity index (χ3n) is 8.67. The number of quaternary nitrogens is 1. The van der Waals surface area contributed by atoms with Gasteiger partial charge in [0.2, 0.25) is 0 Å². The van der Waals surface area contributed by atoms with Crippen molar-refractivity contribution in [1.82, 2.24) is 0 Å². The Balaban J connectivity index is 0. The summed E-state index contributed by atoms with van der Waals surface area (Å²) < 4.78 is 1.22. The van der Waals surface area contributed by atoms with Crippen molar-refractivity contribution < 1.29 is 16.9 Å². The number of likely N-dealkylation sites (N-methyl/N-ethyl adjacent to an activating group) is 1. The van der Waals surface area contributed by atoms with Crippen LogP contribution in [0.3, 0.4) is 0 Å². The van der Waals surface area contributed by atoms with Gasteiger partial charge in [-0.15, -0.1) is 0 Å². The van der Waals surface area contributed by atoms with Crippen LogP contribution in [0.25, 0.3) is 0 Å². The highest BCUT2D eigenvalue weighted by molar-refractivity contribution is 4.66. The van der Waals surface area contributed by atoms with E-state index in [4.69, 9.17) is 0 Å². The minimum absolute atomic E-state index is 0. The first-order chi connectivity index (χ1) is 18.2. The lowest BCUT2D eigenvalue weighted by atomic mass is 10.0. The van der Waals surface area contributed by atoms with Crippen LogP contribution in [-0.2, 0) is 0 Å². The molecule has 0 unspecified atom stereocenters. The number of hydrogen-bond donors (Lipinski definition) is 0. The average Bonchev–Trinajstić information content (AvgIpc) is 2.89. The summed E-state index contributed by atoms with van der Waals surface area (Å²) in [6.45, 7) is 12.5. The third-order valence-corrected chi connectivity index (χ3v) is 8.67. The smallest absolute Gasteiger partial charge is 0.0969 e. The van der Waals surface area contributed by atoms with E-state index in [0.29, 0.717) is 0 Å². The molecule has 0 aromatic rings. The van der Waals surface area contributed by atoms with Gasteiger partial charge in [0.15, 0.2) is 0 Å². The van der Waals surface area contributed by atoms with Crippen molar-refractivity contribution in [3.63, 3.8) is 0 Å². The molecule has 230 valence electrons. The molecule has 0 aromatic heterocycles. The molecule has 0 aromatic carbocycles. The zero-order valence-corrected chi connectivity index (χ0v) is 27.8. The van der Waals surface area contributed by atoms with E-state index < -0.39 is 0 Å². The first-order valence-electron chi connectivity index (χ1n) is 17.6. The minimum Gasteiger partial charge on any atom is -1.00 e. The van der Waals surface area contributed by atoms with Gasteiger partial charge in [0, 0.05) is 0 Å². The average molecular weight is 556 g/mol. The molecule has 0 bridgehead atoms. The molecule has 0 amide bonds. The van der Waals surface area contributed by atoms with Gasteiger partial charge in [-0.3, -0.25) is 0 Å². The number of nitrogens with zero attached hydrogens (tertiary/aromatic N) is 1. The molecule has 0 aliphatic carbocycles. The summed E-state index contributed by atoms with van der Waals surface area (Å²) in [4.78, 5) is 0. The summed E-state index contributed by atoms with van der Waals surface area (Å²) in [6.07, 6.45) is 42.8. The van der Waals surface area contributed by atoms with Crippen LogP contribution >= 0.6 is 0 Å². The second kappa shape index (κ2) is 33.2. The van der Waals surface area contributed by atoms with Gasteiger partial charge in [0.1, 0.15) is 0 Å². The Labute approximate surface area is 249 Å². The van der Waals surface area contributed by atoms with Gasteiger partial charge < -0.3 is 16.9 Å². The van der Waals surface area contributed by atoms with Crippen LogP contribution < -0.4 is 12.4 Å². The molecule has 0 N–H and O–H groups in total. The predicted octanol–water partition coefficient (Wildman–Crippen LogP) is 9.59. The lowest BCUT2D eigenvalue weighted by Gasteiger charge is -2.34. The van der Waals surface area contributed by atoms with Crippen molar-refractivity contribution >= 4 is 0 Å². The topological polar surface area (TPSA) is 0 Å². The Morgan fingerprint density at radius 2 is 0.605 bits per heavy atom. The number of hydrogen-bond acceptors (Lipinski definition) is 0. The predicted molar refractivity (Wildman–Crippen MR) is 172 cm³/mol. The molecule has 0 spiro atoms.